The van der Waals surface area contributed by atoms with Crippen molar-refractivity contribution in [3.63, 3.8) is 0 Å². The third kappa shape index (κ3) is 3.54. The van der Waals surface area contributed by atoms with Crippen molar-refractivity contribution in [2.75, 3.05) is 13.6 Å². The number of hydrogen-bond donors (Lipinski definition) is 0. The van der Waals surface area contributed by atoms with Crippen LogP contribution in [0.4, 0.5) is 0 Å². The van der Waals surface area contributed by atoms with Crippen LogP contribution in [0.2, 0.25) is 0 Å². The van der Waals surface area contributed by atoms with E-state index in [-0.39, 0.29) is 0 Å². The first-order valence-electron chi connectivity index (χ1n) is 8.25. The summed E-state index contributed by atoms with van der Waals surface area (Å²) in [7, 11) is -1.83. The molecule has 0 unspecified atom stereocenters. The fourth-order valence-corrected chi connectivity index (χ4v) is 4.10. The van der Waals surface area contributed by atoms with E-state index in [1.54, 1.807) is 19.2 Å². The molecule has 1 aromatic carbocycles. The number of likely N-dealkylation sites (N-methyl/N-ethyl adjacent to an activating group) is 1. The van der Waals surface area contributed by atoms with Gasteiger partial charge < -0.3 is 0 Å². The molecular formula is C18H27N3O2S. The zero-order chi connectivity index (χ0) is 18.1. The molecule has 0 aliphatic carbocycles. The summed E-state index contributed by atoms with van der Waals surface area (Å²) in [6.45, 7) is 11.2. The molecule has 0 saturated carbocycles. The van der Waals surface area contributed by atoms with E-state index in [1.807, 2.05) is 38.4 Å². The first-order chi connectivity index (χ1) is 11.2. The van der Waals surface area contributed by atoms with Crippen molar-refractivity contribution in [3.05, 3.63) is 46.3 Å². The number of nitrogens with zero attached hydrogens (tertiary/aromatic N) is 3. The van der Waals surface area contributed by atoms with Crippen molar-refractivity contribution >= 4 is 10.0 Å². The summed E-state index contributed by atoms with van der Waals surface area (Å²) in [5.74, 6) is 0. The number of aromatic nitrogens is 2. The lowest BCUT2D eigenvalue weighted by Gasteiger charge is -2.18. The van der Waals surface area contributed by atoms with Gasteiger partial charge >= 0.3 is 0 Å². The van der Waals surface area contributed by atoms with E-state index < -0.39 is 10.0 Å². The van der Waals surface area contributed by atoms with Crippen molar-refractivity contribution < 1.29 is 8.42 Å². The van der Waals surface area contributed by atoms with Gasteiger partial charge in [0.25, 0.3) is 0 Å². The monoisotopic (exact) mass is 349 g/mol. The molecule has 1 aromatic heterocycles. The van der Waals surface area contributed by atoms with Crippen LogP contribution in [0.15, 0.2) is 23.1 Å². The molecule has 132 valence electrons. The normalized spacial score (nSPS) is 12.1. The van der Waals surface area contributed by atoms with Crippen LogP contribution in [-0.2, 0) is 23.0 Å². The van der Waals surface area contributed by atoms with Crippen LogP contribution in [-0.4, -0.2) is 36.1 Å². The van der Waals surface area contributed by atoms with Crippen LogP contribution in [0.3, 0.4) is 0 Å². The van der Waals surface area contributed by atoms with Gasteiger partial charge in [-0.1, -0.05) is 6.07 Å². The Balaban J connectivity index is 2.18. The topological polar surface area (TPSA) is 55.2 Å². The molecule has 0 aliphatic rings. The molecular weight excluding hydrogens is 322 g/mol. The summed E-state index contributed by atoms with van der Waals surface area (Å²) >= 11 is 0. The van der Waals surface area contributed by atoms with Crippen LogP contribution in [0.5, 0.6) is 0 Å². The van der Waals surface area contributed by atoms with Crippen LogP contribution in [0.25, 0.3) is 0 Å². The van der Waals surface area contributed by atoms with E-state index >= 15 is 0 Å². The predicted octanol–water partition coefficient (Wildman–Crippen LogP) is 3.00. The largest absolute Gasteiger partial charge is 0.270 e. The summed E-state index contributed by atoms with van der Waals surface area (Å²) in [5, 5.41) is 4.50. The van der Waals surface area contributed by atoms with E-state index in [2.05, 4.69) is 12.0 Å². The molecule has 6 heteroatoms. The van der Waals surface area contributed by atoms with Crippen LogP contribution in [0.1, 0.15) is 35.0 Å². The average molecular weight is 350 g/mol. The molecule has 0 saturated heterocycles. The fraction of sp³-hybridized carbons (Fsp3) is 0.500. The number of rotatable bonds is 6. The number of hydrogen-bond acceptors (Lipinski definition) is 3. The second-order valence-corrected chi connectivity index (χ2v) is 8.33. The van der Waals surface area contributed by atoms with Gasteiger partial charge in [0.15, 0.2) is 0 Å². The third-order valence-electron chi connectivity index (χ3n) is 4.69. The fourth-order valence-electron chi connectivity index (χ4n) is 2.85. The maximum absolute atomic E-state index is 12.8. The van der Waals surface area contributed by atoms with Crippen LogP contribution in [0, 0.1) is 27.7 Å². The van der Waals surface area contributed by atoms with E-state index in [4.69, 9.17) is 0 Å². The van der Waals surface area contributed by atoms with Crippen molar-refractivity contribution in [1.29, 1.82) is 0 Å². The van der Waals surface area contributed by atoms with E-state index in [0.29, 0.717) is 17.9 Å². The molecule has 5 nitrogen and oxygen atoms in total. The van der Waals surface area contributed by atoms with Gasteiger partial charge in [0.1, 0.15) is 0 Å². The lowest BCUT2D eigenvalue weighted by atomic mass is 10.1. The second kappa shape index (κ2) is 7.07. The highest BCUT2D eigenvalue weighted by atomic mass is 32.2. The SMILES string of the molecule is CCn1nc(C)c(CCN(C)S(=O)(=O)c2ccc(C)c(C)c2)c1C. The molecule has 0 radical (unpaired) electrons. The highest BCUT2D eigenvalue weighted by Gasteiger charge is 2.22. The lowest BCUT2D eigenvalue weighted by molar-refractivity contribution is 0.471. The van der Waals surface area contributed by atoms with Gasteiger partial charge in [0.05, 0.1) is 10.6 Å². The van der Waals surface area contributed by atoms with Gasteiger partial charge in [-0.25, -0.2) is 12.7 Å². The molecule has 0 fully saturated rings. The Morgan fingerprint density at radius 3 is 2.33 bits per heavy atom. The molecule has 0 spiro atoms. The lowest BCUT2D eigenvalue weighted by Crippen LogP contribution is -2.29. The highest BCUT2D eigenvalue weighted by Crippen LogP contribution is 2.20. The second-order valence-electron chi connectivity index (χ2n) is 6.29. The molecule has 0 N–H and O–H groups in total. The predicted molar refractivity (Wildman–Crippen MR) is 96.8 cm³/mol. The van der Waals surface area contributed by atoms with Crippen molar-refractivity contribution in [3.8, 4) is 0 Å². The Morgan fingerprint density at radius 2 is 1.79 bits per heavy atom. The molecule has 1 heterocycles. The number of benzene rings is 1. The molecule has 2 rings (SSSR count). The van der Waals surface area contributed by atoms with Crippen molar-refractivity contribution in [2.45, 2.75) is 52.5 Å². The molecule has 0 aliphatic heterocycles. The van der Waals surface area contributed by atoms with Crippen molar-refractivity contribution in [2.24, 2.45) is 0 Å². The minimum Gasteiger partial charge on any atom is -0.270 e. The quantitative estimate of drug-likeness (QED) is 0.805. The highest BCUT2D eigenvalue weighted by molar-refractivity contribution is 7.89. The Labute approximate surface area is 145 Å². The summed E-state index contributed by atoms with van der Waals surface area (Å²) in [6.07, 6.45) is 0.665. The molecule has 0 bridgehead atoms. The molecule has 0 amide bonds. The minimum atomic E-state index is -3.47. The summed E-state index contributed by atoms with van der Waals surface area (Å²) < 4.78 is 28.9. The van der Waals surface area contributed by atoms with Crippen LogP contribution < -0.4 is 0 Å². The number of aryl methyl sites for hydroxylation is 4. The first-order valence-corrected chi connectivity index (χ1v) is 9.69. The summed E-state index contributed by atoms with van der Waals surface area (Å²) in [5.41, 5.74) is 5.31. The maximum Gasteiger partial charge on any atom is 0.242 e. The minimum absolute atomic E-state index is 0.353. The first kappa shape index (κ1) is 18.7. The zero-order valence-electron chi connectivity index (χ0n) is 15.4. The third-order valence-corrected chi connectivity index (χ3v) is 6.55. The van der Waals surface area contributed by atoms with E-state index in [1.165, 1.54) is 4.31 Å². The van der Waals surface area contributed by atoms with Gasteiger partial charge in [-0.2, -0.15) is 5.10 Å². The molecule has 2 aromatic rings. The van der Waals surface area contributed by atoms with Gasteiger partial charge in [-0.3, -0.25) is 4.68 Å². The Kier molecular flexibility index (Phi) is 5.50. The summed E-state index contributed by atoms with van der Waals surface area (Å²) in [4.78, 5) is 0.353. The smallest absolute Gasteiger partial charge is 0.242 e. The van der Waals surface area contributed by atoms with Gasteiger partial charge in [0, 0.05) is 25.8 Å². The molecule has 0 atom stereocenters. The zero-order valence-corrected chi connectivity index (χ0v) is 16.2. The standard InChI is InChI=1S/C18H27N3O2S/c1-7-21-16(5)18(15(4)19-21)10-11-20(6)24(22,23)17-9-8-13(2)14(3)12-17/h8-9,12H,7,10-11H2,1-6H3. The summed E-state index contributed by atoms with van der Waals surface area (Å²) in [6, 6.07) is 5.28. The Morgan fingerprint density at radius 1 is 1.12 bits per heavy atom. The molecule has 24 heavy (non-hydrogen) atoms. The Bertz CT molecular complexity index is 838. The van der Waals surface area contributed by atoms with Crippen molar-refractivity contribution in [1.82, 2.24) is 14.1 Å². The van der Waals surface area contributed by atoms with E-state index in [9.17, 15) is 8.42 Å². The Hall–Kier alpha value is -1.66. The maximum atomic E-state index is 12.8. The number of sulfonamides is 1. The van der Waals surface area contributed by atoms with Gasteiger partial charge in [-0.15, -0.1) is 0 Å². The average Bonchev–Trinajstić information content (AvgIpc) is 2.81. The van der Waals surface area contributed by atoms with Gasteiger partial charge in [-0.05, 0) is 69.9 Å². The van der Waals surface area contributed by atoms with Crippen LogP contribution >= 0.6 is 0 Å². The van der Waals surface area contributed by atoms with Gasteiger partial charge in [0.2, 0.25) is 10.0 Å². The van der Waals surface area contributed by atoms with E-state index in [0.717, 1.165) is 34.6 Å².